The molecule has 0 saturated carbocycles. The quantitative estimate of drug-likeness (QED) is 0.175. The van der Waals surface area contributed by atoms with Gasteiger partial charge in [-0.15, -0.1) is 0 Å². The van der Waals surface area contributed by atoms with Crippen LogP contribution in [0.25, 0.3) is 133 Å². The summed E-state index contributed by atoms with van der Waals surface area (Å²) in [7, 11) is 0. The van der Waals surface area contributed by atoms with E-state index in [0.717, 1.165) is 93.6 Å². The summed E-state index contributed by atoms with van der Waals surface area (Å²) in [6, 6.07) is 74.8. The van der Waals surface area contributed by atoms with Crippen LogP contribution in [0.3, 0.4) is 0 Å². The van der Waals surface area contributed by atoms with Gasteiger partial charge in [0.15, 0.2) is 17.5 Å². The van der Waals surface area contributed by atoms with Gasteiger partial charge in [-0.05, 0) is 122 Å². The second kappa shape index (κ2) is 13.8. The number of rotatable bonds is 4. The van der Waals surface area contributed by atoms with E-state index in [9.17, 15) is 0 Å². The van der Waals surface area contributed by atoms with Crippen LogP contribution in [-0.4, -0.2) is 15.0 Å². The highest BCUT2D eigenvalue weighted by Crippen LogP contribution is 2.65. The van der Waals surface area contributed by atoms with Gasteiger partial charge < -0.3 is 13.3 Å². The van der Waals surface area contributed by atoms with Crippen LogP contribution < -0.4 is 0 Å². The van der Waals surface area contributed by atoms with Crippen molar-refractivity contribution in [3.05, 3.63) is 235 Å². The van der Waals surface area contributed by atoms with E-state index in [2.05, 4.69) is 146 Å². The molecular weight excluding hydrogens is 859 g/mol. The van der Waals surface area contributed by atoms with E-state index in [0.29, 0.717) is 17.5 Å². The van der Waals surface area contributed by atoms with Gasteiger partial charge >= 0.3 is 0 Å². The van der Waals surface area contributed by atoms with E-state index < -0.39 is 5.41 Å². The number of furan rings is 3. The number of fused-ring (bicyclic) bond motifs is 20. The maximum absolute atomic E-state index is 6.98. The lowest BCUT2D eigenvalue weighted by Crippen LogP contribution is -2.26. The third-order valence-electron chi connectivity index (χ3n) is 14.9. The summed E-state index contributed by atoms with van der Waals surface area (Å²) < 4.78 is 19.8. The van der Waals surface area contributed by atoms with Crippen molar-refractivity contribution in [2.75, 3.05) is 0 Å². The van der Waals surface area contributed by atoms with Crippen LogP contribution >= 0.6 is 0 Å². The van der Waals surface area contributed by atoms with E-state index >= 15 is 0 Å². The van der Waals surface area contributed by atoms with Crippen LogP contribution in [0.2, 0.25) is 0 Å². The first kappa shape index (κ1) is 37.7. The third kappa shape index (κ3) is 5.08. The molecule has 14 aromatic rings. The van der Waals surface area contributed by atoms with Gasteiger partial charge in [-0.3, -0.25) is 0 Å². The first-order chi connectivity index (χ1) is 34.7. The average molecular weight is 894 g/mol. The van der Waals surface area contributed by atoms with Gasteiger partial charge in [0.25, 0.3) is 0 Å². The predicted molar refractivity (Wildman–Crippen MR) is 280 cm³/mol. The minimum absolute atomic E-state index is 0.588. The molecule has 0 bridgehead atoms. The van der Waals surface area contributed by atoms with Crippen LogP contribution in [0, 0.1) is 0 Å². The molecule has 4 heterocycles. The summed E-state index contributed by atoms with van der Waals surface area (Å²) in [5.74, 6) is 1.78. The van der Waals surface area contributed by atoms with E-state index in [1.807, 2.05) is 66.7 Å². The highest BCUT2D eigenvalue weighted by molar-refractivity contribution is 6.16. The SMILES string of the molecule is c1ccc(-c2nc(-c3cccc(-c4ccc5c(c4)oc4ccc6c(c45)C4(c5ccccc5-c5ccccc54)c4cc5oc7ccccc7c5cc4-6)c3)nc(-c3ccc4oc5ccccc5c4c3)n2)cc1. The van der Waals surface area contributed by atoms with Crippen molar-refractivity contribution in [1.82, 2.24) is 15.0 Å². The number of benzene rings is 10. The molecule has 0 atom stereocenters. The van der Waals surface area contributed by atoms with Gasteiger partial charge in [-0.1, -0.05) is 146 Å². The molecule has 4 aromatic heterocycles. The Morgan fingerprint density at radius 2 is 0.800 bits per heavy atom. The van der Waals surface area contributed by atoms with Crippen molar-refractivity contribution in [3.63, 3.8) is 0 Å². The van der Waals surface area contributed by atoms with Crippen molar-refractivity contribution in [1.29, 1.82) is 0 Å². The normalized spacial score (nSPS) is 13.3. The fourth-order valence-corrected chi connectivity index (χ4v) is 11.9. The maximum Gasteiger partial charge on any atom is 0.164 e. The molecule has 0 fully saturated rings. The van der Waals surface area contributed by atoms with E-state index in [4.69, 9.17) is 28.2 Å². The zero-order valence-electron chi connectivity index (χ0n) is 37.3. The third-order valence-corrected chi connectivity index (χ3v) is 14.9. The monoisotopic (exact) mass is 893 g/mol. The van der Waals surface area contributed by atoms with Crippen LogP contribution in [0.4, 0.5) is 0 Å². The molecule has 0 aliphatic heterocycles. The number of hydrogen-bond acceptors (Lipinski definition) is 6. The molecule has 0 amide bonds. The Kier molecular flexibility index (Phi) is 7.45. The Labute approximate surface area is 399 Å². The second-order valence-electron chi connectivity index (χ2n) is 18.6. The molecule has 0 radical (unpaired) electrons. The predicted octanol–water partition coefficient (Wildman–Crippen LogP) is 16.6. The van der Waals surface area contributed by atoms with Gasteiger partial charge in [0.1, 0.15) is 33.5 Å². The summed E-state index contributed by atoms with van der Waals surface area (Å²) in [5.41, 5.74) is 19.2. The van der Waals surface area contributed by atoms with Crippen LogP contribution in [0.1, 0.15) is 22.3 Å². The molecule has 6 nitrogen and oxygen atoms in total. The Bertz CT molecular complexity index is 4510. The number of hydrogen-bond donors (Lipinski definition) is 0. The summed E-state index contributed by atoms with van der Waals surface area (Å²) in [6.45, 7) is 0. The molecule has 0 unspecified atom stereocenters. The molecule has 2 aliphatic rings. The topological polar surface area (TPSA) is 78.1 Å². The minimum atomic E-state index is -0.603. The molecule has 6 heteroatoms. The van der Waals surface area contributed by atoms with Gasteiger partial charge in [0.2, 0.25) is 0 Å². The molecule has 70 heavy (non-hydrogen) atoms. The smallest absolute Gasteiger partial charge is 0.164 e. The van der Waals surface area contributed by atoms with Crippen molar-refractivity contribution < 1.29 is 13.3 Å². The molecular formula is C64H35N3O3. The first-order valence-corrected chi connectivity index (χ1v) is 23.6. The lowest BCUT2D eigenvalue weighted by molar-refractivity contribution is 0.666. The Balaban J connectivity index is 0.869. The van der Waals surface area contributed by atoms with Crippen LogP contribution in [0.15, 0.2) is 226 Å². The maximum atomic E-state index is 6.98. The second-order valence-corrected chi connectivity index (χ2v) is 18.6. The molecule has 0 saturated heterocycles. The lowest BCUT2D eigenvalue weighted by Gasteiger charge is -2.31. The average Bonchev–Trinajstić information content (AvgIpc) is 4.22. The molecule has 16 rings (SSSR count). The molecule has 0 N–H and O–H groups in total. The molecule has 10 aromatic carbocycles. The van der Waals surface area contributed by atoms with Crippen molar-refractivity contribution >= 4 is 65.8 Å². The zero-order valence-corrected chi connectivity index (χ0v) is 37.3. The number of para-hydroxylation sites is 2. The highest BCUT2D eigenvalue weighted by atomic mass is 16.3. The molecule has 324 valence electrons. The summed E-state index contributed by atoms with van der Waals surface area (Å²) >= 11 is 0. The highest BCUT2D eigenvalue weighted by Gasteiger charge is 2.53. The fraction of sp³-hybridized carbons (Fsp3) is 0.0156. The number of aromatic nitrogens is 3. The van der Waals surface area contributed by atoms with Crippen LogP contribution in [-0.2, 0) is 5.41 Å². The Morgan fingerprint density at radius 3 is 1.56 bits per heavy atom. The number of nitrogens with zero attached hydrogens (tertiary/aromatic N) is 3. The van der Waals surface area contributed by atoms with Gasteiger partial charge in [0, 0.05) is 49.0 Å². The standard InChI is InChI=1S/C64H35N3O3/c1-2-13-36(14-3-1)61-65-62(67-63(66-61)40-26-29-55-48(32-40)43-19-6-10-23-53(43)68-55)39-16-12-15-37(31-39)38-25-27-46-57(33-38)70-56-30-28-45-47-34-49-44-20-7-11-24-54(44)69-58(49)35-52(47)64(60(45)59(46)56)50-21-8-4-17-41(50)42-18-5-9-22-51(42)64/h1-35H. The lowest BCUT2D eigenvalue weighted by atomic mass is 9.69. The summed E-state index contributed by atoms with van der Waals surface area (Å²) in [5, 5.41) is 6.52. The van der Waals surface area contributed by atoms with Crippen LogP contribution in [0.5, 0.6) is 0 Å². The Hall–Kier alpha value is -9.39. The first-order valence-electron chi connectivity index (χ1n) is 23.6. The summed E-state index contributed by atoms with van der Waals surface area (Å²) in [4.78, 5) is 15.3. The summed E-state index contributed by atoms with van der Waals surface area (Å²) in [6.07, 6.45) is 0. The van der Waals surface area contributed by atoms with E-state index in [1.165, 1.54) is 44.5 Å². The van der Waals surface area contributed by atoms with Gasteiger partial charge in [-0.25, -0.2) is 15.0 Å². The molecule has 1 spiro atoms. The van der Waals surface area contributed by atoms with Crippen molar-refractivity contribution in [2.45, 2.75) is 5.41 Å². The molecule has 2 aliphatic carbocycles. The minimum Gasteiger partial charge on any atom is -0.456 e. The largest absolute Gasteiger partial charge is 0.456 e. The van der Waals surface area contributed by atoms with Gasteiger partial charge in [-0.2, -0.15) is 0 Å². The van der Waals surface area contributed by atoms with E-state index in [1.54, 1.807) is 0 Å². The van der Waals surface area contributed by atoms with Gasteiger partial charge in [0.05, 0.1) is 5.41 Å². The van der Waals surface area contributed by atoms with Crippen molar-refractivity contribution in [2.24, 2.45) is 0 Å². The Morgan fingerprint density at radius 1 is 0.271 bits per heavy atom. The van der Waals surface area contributed by atoms with Crippen molar-refractivity contribution in [3.8, 4) is 67.5 Å². The van der Waals surface area contributed by atoms with E-state index in [-0.39, 0.29) is 0 Å². The fourth-order valence-electron chi connectivity index (χ4n) is 11.9. The zero-order chi connectivity index (χ0) is 45.7.